The summed E-state index contributed by atoms with van der Waals surface area (Å²) in [6.45, 7) is 0. The highest BCUT2D eigenvalue weighted by Crippen LogP contribution is 2.23. The van der Waals surface area contributed by atoms with Crippen LogP contribution in [0.25, 0.3) is 0 Å². The Balaban J connectivity index is 2.64. The van der Waals surface area contributed by atoms with E-state index in [0.717, 1.165) is 0 Å². The smallest absolute Gasteiger partial charge is 0.320 e. The Bertz CT molecular complexity index is 339. The van der Waals surface area contributed by atoms with Gasteiger partial charge in [0.1, 0.15) is 18.0 Å². The van der Waals surface area contributed by atoms with Gasteiger partial charge in [0.15, 0.2) is 0 Å². The molecule has 0 fully saturated rings. The van der Waals surface area contributed by atoms with Gasteiger partial charge in [0.2, 0.25) is 0 Å². The summed E-state index contributed by atoms with van der Waals surface area (Å²) >= 11 is 0. The van der Waals surface area contributed by atoms with Gasteiger partial charge < -0.3 is 15.9 Å². The average molecular weight is 213 g/mol. The highest BCUT2D eigenvalue weighted by Gasteiger charge is 2.19. The van der Waals surface area contributed by atoms with E-state index in [2.05, 4.69) is 0 Å². The summed E-state index contributed by atoms with van der Waals surface area (Å²) in [4.78, 5) is 10.4. The van der Waals surface area contributed by atoms with E-state index in [9.17, 15) is 9.18 Å². The third-order valence-electron chi connectivity index (χ3n) is 2.03. The summed E-state index contributed by atoms with van der Waals surface area (Å²) in [5.41, 5.74) is 5.51. The van der Waals surface area contributed by atoms with Crippen LogP contribution in [0.2, 0.25) is 0 Å². The molecule has 0 spiro atoms. The summed E-state index contributed by atoms with van der Waals surface area (Å²) < 4.78 is 13.5. The van der Waals surface area contributed by atoms with Crippen LogP contribution < -0.4 is 5.73 Å². The molecular formula is C10H12FNO3. The number of nitrogens with two attached hydrogens (primary N) is 1. The summed E-state index contributed by atoms with van der Waals surface area (Å²) in [7, 11) is 0. The van der Waals surface area contributed by atoms with Gasteiger partial charge in [-0.2, -0.15) is 0 Å². The number of aliphatic carboxylic acids is 1. The van der Waals surface area contributed by atoms with Crippen LogP contribution in [-0.4, -0.2) is 22.2 Å². The van der Waals surface area contributed by atoms with Gasteiger partial charge in [0.25, 0.3) is 0 Å². The fourth-order valence-corrected chi connectivity index (χ4v) is 1.14. The maximum Gasteiger partial charge on any atom is 0.320 e. The van der Waals surface area contributed by atoms with Crippen molar-refractivity contribution in [3.63, 3.8) is 0 Å². The number of phenols is 1. The molecule has 0 amide bonds. The molecule has 1 rings (SSSR count). The van der Waals surface area contributed by atoms with E-state index >= 15 is 0 Å². The molecule has 1 aromatic carbocycles. The molecule has 5 heteroatoms. The summed E-state index contributed by atoms with van der Waals surface area (Å²) in [6, 6.07) is 4.26. The Hall–Kier alpha value is -1.62. The van der Waals surface area contributed by atoms with Crippen LogP contribution in [-0.2, 0) is 4.79 Å². The zero-order valence-electron chi connectivity index (χ0n) is 7.93. The molecule has 15 heavy (non-hydrogen) atoms. The van der Waals surface area contributed by atoms with Crippen molar-refractivity contribution >= 4 is 5.97 Å². The first-order chi connectivity index (χ1) is 7.00. The second-order valence-electron chi connectivity index (χ2n) is 3.24. The summed E-state index contributed by atoms with van der Waals surface area (Å²) in [6.07, 6.45) is -1.71. The fourth-order valence-electron chi connectivity index (χ4n) is 1.14. The normalized spacial score (nSPS) is 14.5. The van der Waals surface area contributed by atoms with Crippen molar-refractivity contribution in [2.24, 2.45) is 5.73 Å². The second kappa shape index (κ2) is 4.75. The molecule has 0 aliphatic carbocycles. The second-order valence-corrected chi connectivity index (χ2v) is 3.24. The largest absolute Gasteiger partial charge is 0.508 e. The predicted molar refractivity (Wildman–Crippen MR) is 52.2 cm³/mol. The quantitative estimate of drug-likeness (QED) is 0.701. The molecule has 0 saturated heterocycles. The minimum Gasteiger partial charge on any atom is -0.508 e. The number of rotatable bonds is 4. The number of alkyl halides is 1. The van der Waals surface area contributed by atoms with Crippen molar-refractivity contribution in [2.75, 3.05) is 0 Å². The first kappa shape index (κ1) is 11.5. The Kier molecular flexibility index (Phi) is 3.62. The van der Waals surface area contributed by atoms with Crippen LogP contribution >= 0.6 is 0 Å². The standard InChI is InChI=1S/C10H12FNO3/c11-8(5-9(12)10(14)15)6-1-3-7(13)4-2-6/h1-4,8-9,13H,5,12H2,(H,14,15). The molecule has 2 unspecified atom stereocenters. The summed E-state index contributed by atoms with van der Waals surface area (Å²) in [5, 5.41) is 17.5. The molecule has 4 N–H and O–H groups in total. The molecule has 82 valence electrons. The molecule has 0 aliphatic rings. The monoisotopic (exact) mass is 213 g/mol. The van der Waals surface area contributed by atoms with Crippen molar-refractivity contribution in [2.45, 2.75) is 18.6 Å². The van der Waals surface area contributed by atoms with Crippen LogP contribution in [0.15, 0.2) is 24.3 Å². The van der Waals surface area contributed by atoms with Gasteiger partial charge in [-0.05, 0) is 17.7 Å². The van der Waals surface area contributed by atoms with Gasteiger partial charge in [-0.3, -0.25) is 4.79 Å². The van der Waals surface area contributed by atoms with Gasteiger partial charge in [-0.15, -0.1) is 0 Å². The van der Waals surface area contributed by atoms with Crippen molar-refractivity contribution in [1.82, 2.24) is 0 Å². The molecule has 0 saturated carbocycles. The zero-order valence-corrected chi connectivity index (χ0v) is 7.93. The highest BCUT2D eigenvalue weighted by atomic mass is 19.1. The molecule has 0 aliphatic heterocycles. The molecule has 0 bridgehead atoms. The number of benzene rings is 1. The molecule has 2 atom stereocenters. The van der Waals surface area contributed by atoms with Crippen LogP contribution in [0.1, 0.15) is 18.2 Å². The van der Waals surface area contributed by atoms with Gasteiger partial charge >= 0.3 is 5.97 Å². The first-order valence-electron chi connectivity index (χ1n) is 4.42. The topological polar surface area (TPSA) is 83.5 Å². The van der Waals surface area contributed by atoms with Crippen molar-refractivity contribution in [3.05, 3.63) is 29.8 Å². The van der Waals surface area contributed by atoms with Gasteiger partial charge in [-0.25, -0.2) is 4.39 Å². The lowest BCUT2D eigenvalue weighted by atomic mass is 10.0. The number of hydrogen-bond acceptors (Lipinski definition) is 3. The minimum atomic E-state index is -1.43. The number of carboxylic acids is 1. The molecule has 0 heterocycles. The fraction of sp³-hybridized carbons (Fsp3) is 0.300. The van der Waals surface area contributed by atoms with Gasteiger partial charge in [-0.1, -0.05) is 12.1 Å². The van der Waals surface area contributed by atoms with Crippen LogP contribution in [0.4, 0.5) is 4.39 Å². The van der Waals surface area contributed by atoms with Crippen molar-refractivity contribution in [1.29, 1.82) is 0 Å². The van der Waals surface area contributed by atoms with Crippen LogP contribution in [0.3, 0.4) is 0 Å². The highest BCUT2D eigenvalue weighted by molar-refractivity contribution is 5.73. The van der Waals surface area contributed by atoms with Crippen molar-refractivity contribution in [3.8, 4) is 5.75 Å². The lowest BCUT2D eigenvalue weighted by Crippen LogP contribution is -2.31. The van der Waals surface area contributed by atoms with E-state index in [1.807, 2.05) is 0 Å². The zero-order chi connectivity index (χ0) is 11.4. The van der Waals surface area contributed by atoms with Crippen molar-refractivity contribution < 1.29 is 19.4 Å². The molecule has 0 aromatic heterocycles. The molecule has 1 aromatic rings. The van der Waals surface area contributed by atoms with E-state index in [0.29, 0.717) is 5.56 Å². The van der Waals surface area contributed by atoms with E-state index in [4.69, 9.17) is 15.9 Å². The lowest BCUT2D eigenvalue weighted by molar-refractivity contribution is -0.139. The Morgan fingerprint density at radius 3 is 2.40 bits per heavy atom. The average Bonchev–Trinajstić information content (AvgIpc) is 2.18. The van der Waals surface area contributed by atoms with Crippen LogP contribution in [0, 0.1) is 0 Å². The molecular weight excluding hydrogens is 201 g/mol. The number of carboxylic acid groups (broad SMARTS) is 1. The first-order valence-corrected chi connectivity index (χ1v) is 4.42. The number of hydrogen-bond donors (Lipinski definition) is 3. The molecule has 4 nitrogen and oxygen atoms in total. The Morgan fingerprint density at radius 1 is 1.40 bits per heavy atom. The van der Waals surface area contributed by atoms with E-state index in [-0.39, 0.29) is 12.2 Å². The number of phenolic OH excluding ortho intramolecular Hbond substituents is 1. The summed E-state index contributed by atoms with van der Waals surface area (Å²) in [5.74, 6) is -1.19. The Morgan fingerprint density at radius 2 is 1.93 bits per heavy atom. The lowest BCUT2D eigenvalue weighted by Gasteiger charge is -2.11. The third-order valence-corrected chi connectivity index (χ3v) is 2.03. The van der Waals surface area contributed by atoms with Crippen LogP contribution in [0.5, 0.6) is 5.75 Å². The number of halogens is 1. The molecule has 0 radical (unpaired) electrons. The van der Waals surface area contributed by atoms with E-state index < -0.39 is 18.2 Å². The maximum atomic E-state index is 13.5. The van der Waals surface area contributed by atoms with E-state index in [1.54, 1.807) is 0 Å². The predicted octanol–water partition coefficient (Wildman–Crippen LogP) is 1.20. The SMILES string of the molecule is NC(CC(F)c1ccc(O)cc1)C(=O)O. The number of carbonyl (C=O) groups is 1. The Labute approximate surface area is 86.1 Å². The minimum absolute atomic E-state index is 0.0356. The maximum absolute atomic E-state index is 13.5. The van der Waals surface area contributed by atoms with E-state index in [1.165, 1.54) is 24.3 Å². The van der Waals surface area contributed by atoms with Gasteiger partial charge in [0, 0.05) is 6.42 Å². The number of aromatic hydroxyl groups is 1. The van der Waals surface area contributed by atoms with Gasteiger partial charge in [0.05, 0.1) is 0 Å². The third kappa shape index (κ3) is 3.21.